The number of fused-ring (bicyclic) bond motifs is 2. The van der Waals surface area contributed by atoms with E-state index in [4.69, 9.17) is 14.5 Å². The van der Waals surface area contributed by atoms with Crippen molar-refractivity contribution in [1.82, 2.24) is 14.4 Å². The van der Waals surface area contributed by atoms with Crippen molar-refractivity contribution < 1.29 is 27.4 Å². The lowest BCUT2D eigenvalue weighted by Gasteiger charge is -2.41. The Kier molecular flexibility index (Phi) is 4.72. The summed E-state index contributed by atoms with van der Waals surface area (Å²) >= 11 is 0. The van der Waals surface area contributed by atoms with Crippen LogP contribution in [0.3, 0.4) is 0 Å². The van der Waals surface area contributed by atoms with E-state index in [0.29, 0.717) is 12.3 Å². The quantitative estimate of drug-likeness (QED) is 0.602. The number of nitrogens with zero attached hydrogens (tertiary/aromatic N) is 3. The zero-order valence-corrected chi connectivity index (χ0v) is 18.4. The Labute approximate surface area is 187 Å². The van der Waals surface area contributed by atoms with Gasteiger partial charge in [0.15, 0.2) is 0 Å². The fourth-order valence-corrected chi connectivity index (χ4v) is 4.79. The predicted octanol–water partition coefficient (Wildman–Crippen LogP) is 4.61. The van der Waals surface area contributed by atoms with Gasteiger partial charge in [-0.25, -0.2) is 9.97 Å². The maximum atomic E-state index is 13.0. The van der Waals surface area contributed by atoms with Crippen LogP contribution < -0.4 is 10.1 Å². The molecule has 2 aliphatic heterocycles. The molecule has 10 heteroatoms. The number of imidazole rings is 1. The first-order valence-corrected chi connectivity index (χ1v) is 10.7. The number of hydrogen-bond donors (Lipinski definition) is 1. The zero-order valence-electron chi connectivity index (χ0n) is 18.4. The smallest absolute Gasteiger partial charge is 0.433 e. The number of amides is 1. The van der Waals surface area contributed by atoms with E-state index < -0.39 is 17.8 Å². The molecule has 0 unspecified atom stereocenters. The number of nitrogens with one attached hydrogen (secondary N) is 1. The summed E-state index contributed by atoms with van der Waals surface area (Å²) in [5, 5.41) is 2.45. The summed E-state index contributed by atoms with van der Waals surface area (Å²) in [7, 11) is 0. The first-order valence-electron chi connectivity index (χ1n) is 10.7. The molecule has 2 bridgehead atoms. The lowest BCUT2D eigenvalue weighted by Crippen LogP contribution is -2.45. The fourth-order valence-electron chi connectivity index (χ4n) is 4.79. The van der Waals surface area contributed by atoms with Gasteiger partial charge in [0, 0.05) is 23.9 Å². The number of pyridine rings is 2. The molecule has 0 spiro atoms. The number of hydrogen-bond acceptors (Lipinski definition) is 5. The molecule has 2 saturated heterocycles. The van der Waals surface area contributed by atoms with Crippen molar-refractivity contribution in [2.24, 2.45) is 0 Å². The molecule has 3 fully saturated rings. The highest BCUT2D eigenvalue weighted by Crippen LogP contribution is 2.58. The normalized spacial score (nSPS) is 24.2. The summed E-state index contributed by atoms with van der Waals surface area (Å²) < 4.78 is 52.4. The lowest BCUT2D eigenvalue weighted by atomic mass is 9.62. The molecule has 1 aliphatic carbocycles. The van der Waals surface area contributed by atoms with Crippen LogP contribution in [0.15, 0.2) is 36.7 Å². The first-order chi connectivity index (χ1) is 15.5. The van der Waals surface area contributed by atoms with E-state index in [1.54, 1.807) is 16.7 Å². The van der Waals surface area contributed by atoms with E-state index in [1.807, 2.05) is 20.0 Å². The summed E-state index contributed by atoms with van der Waals surface area (Å²) in [6.07, 6.45) is 0.412. The SMILES string of the molecule is CC(C)Oc1cc2nc(C34COC(C)(C3)C4)cn2cc1C(=O)Nc1cccc(C(F)(F)F)n1. The topological polar surface area (TPSA) is 77.8 Å². The van der Waals surface area contributed by atoms with Crippen molar-refractivity contribution in [2.45, 2.75) is 56.9 Å². The van der Waals surface area contributed by atoms with Crippen molar-refractivity contribution in [3.05, 3.63) is 53.6 Å². The van der Waals surface area contributed by atoms with Gasteiger partial charge in [0.2, 0.25) is 0 Å². The highest BCUT2D eigenvalue weighted by Gasteiger charge is 2.61. The maximum Gasteiger partial charge on any atom is 0.433 e. The molecule has 5 heterocycles. The van der Waals surface area contributed by atoms with Crippen LogP contribution in [0.2, 0.25) is 0 Å². The second-order valence-electron chi connectivity index (χ2n) is 9.34. The minimum Gasteiger partial charge on any atom is -0.490 e. The molecule has 174 valence electrons. The van der Waals surface area contributed by atoms with E-state index in [-0.39, 0.29) is 34.3 Å². The van der Waals surface area contributed by atoms with Gasteiger partial charge < -0.3 is 19.2 Å². The van der Waals surface area contributed by atoms with Crippen molar-refractivity contribution in [2.75, 3.05) is 11.9 Å². The Morgan fingerprint density at radius 1 is 1.24 bits per heavy atom. The summed E-state index contributed by atoms with van der Waals surface area (Å²) in [6, 6.07) is 5.01. The standard InChI is InChI=1S/C23H23F3N4O3/c1-13(2)33-15-7-19-28-17(22-10-21(3,11-22)32-12-22)9-30(19)8-14(15)20(31)29-18-6-4-5-16(27-18)23(24,25)26/h4-9,13H,10-12H2,1-3H3,(H,27,29,31). The molecular formula is C23H23F3N4O3. The number of anilines is 1. The number of carbonyl (C=O) groups is 1. The van der Waals surface area contributed by atoms with E-state index in [2.05, 4.69) is 17.2 Å². The second kappa shape index (κ2) is 7.18. The lowest BCUT2D eigenvalue weighted by molar-refractivity contribution is -0.141. The molecule has 1 N–H and O–H groups in total. The summed E-state index contributed by atoms with van der Waals surface area (Å²) in [5.74, 6) is -0.543. The predicted molar refractivity (Wildman–Crippen MR) is 113 cm³/mol. The molecule has 0 radical (unpaired) electrons. The van der Waals surface area contributed by atoms with E-state index in [0.717, 1.165) is 24.6 Å². The van der Waals surface area contributed by atoms with Crippen LogP contribution in [0.25, 0.3) is 5.65 Å². The molecule has 1 amide bonds. The third kappa shape index (κ3) is 3.82. The van der Waals surface area contributed by atoms with E-state index >= 15 is 0 Å². The van der Waals surface area contributed by atoms with Gasteiger partial charge in [0.1, 0.15) is 22.9 Å². The molecule has 3 aliphatic rings. The fraction of sp³-hybridized carbons (Fsp3) is 0.435. The highest BCUT2D eigenvalue weighted by molar-refractivity contribution is 6.05. The third-order valence-electron chi connectivity index (χ3n) is 6.11. The van der Waals surface area contributed by atoms with Gasteiger partial charge >= 0.3 is 6.18 Å². The Balaban J connectivity index is 1.49. The molecule has 3 aromatic heterocycles. The number of halogens is 3. The Bertz CT molecular complexity index is 1250. The second-order valence-corrected chi connectivity index (χ2v) is 9.34. The molecular weight excluding hydrogens is 437 g/mol. The Hall–Kier alpha value is -3.14. The molecule has 7 nitrogen and oxygen atoms in total. The largest absolute Gasteiger partial charge is 0.490 e. The summed E-state index contributed by atoms with van der Waals surface area (Å²) in [6.45, 7) is 6.34. The number of alkyl halides is 3. The van der Waals surface area contributed by atoms with Crippen LogP contribution in [0, 0.1) is 0 Å². The summed E-state index contributed by atoms with van der Waals surface area (Å²) in [4.78, 5) is 21.3. The van der Waals surface area contributed by atoms with Crippen molar-refractivity contribution in [1.29, 1.82) is 0 Å². The van der Waals surface area contributed by atoms with Gasteiger partial charge in [-0.1, -0.05) is 6.07 Å². The van der Waals surface area contributed by atoms with Gasteiger partial charge in [-0.3, -0.25) is 4.79 Å². The van der Waals surface area contributed by atoms with Gasteiger partial charge in [0.25, 0.3) is 5.91 Å². The Morgan fingerprint density at radius 3 is 2.64 bits per heavy atom. The molecule has 0 atom stereocenters. The van der Waals surface area contributed by atoms with Crippen molar-refractivity contribution in [3.63, 3.8) is 0 Å². The first kappa shape index (κ1) is 21.7. The van der Waals surface area contributed by atoms with E-state index in [9.17, 15) is 18.0 Å². The zero-order chi connectivity index (χ0) is 23.6. The molecule has 3 aromatic rings. The minimum atomic E-state index is -4.61. The van der Waals surface area contributed by atoms with Crippen LogP contribution in [0.4, 0.5) is 19.0 Å². The summed E-state index contributed by atoms with van der Waals surface area (Å²) in [5.41, 5.74) is 0.376. The van der Waals surface area contributed by atoms with Crippen molar-refractivity contribution >= 4 is 17.4 Å². The maximum absolute atomic E-state index is 13.0. The van der Waals surface area contributed by atoms with Gasteiger partial charge in [0.05, 0.1) is 29.6 Å². The van der Waals surface area contributed by atoms with E-state index in [1.165, 1.54) is 12.1 Å². The van der Waals surface area contributed by atoms with Crippen LogP contribution >= 0.6 is 0 Å². The van der Waals surface area contributed by atoms with Gasteiger partial charge in [-0.05, 0) is 45.7 Å². The molecule has 1 saturated carbocycles. The number of aromatic nitrogens is 3. The van der Waals surface area contributed by atoms with Crippen LogP contribution in [0.1, 0.15) is 55.4 Å². The number of carbonyl (C=O) groups excluding carboxylic acids is 1. The monoisotopic (exact) mass is 460 g/mol. The third-order valence-corrected chi connectivity index (χ3v) is 6.11. The van der Waals surface area contributed by atoms with Crippen LogP contribution in [-0.4, -0.2) is 38.6 Å². The average Bonchev–Trinajstić information content (AvgIpc) is 3.37. The van der Waals surface area contributed by atoms with Crippen LogP contribution in [0.5, 0.6) is 5.75 Å². The van der Waals surface area contributed by atoms with Gasteiger partial charge in [-0.2, -0.15) is 13.2 Å². The highest BCUT2D eigenvalue weighted by atomic mass is 19.4. The Morgan fingerprint density at radius 2 is 2.00 bits per heavy atom. The number of rotatable bonds is 5. The molecule has 33 heavy (non-hydrogen) atoms. The minimum absolute atomic E-state index is 0.0925. The average molecular weight is 460 g/mol. The van der Waals surface area contributed by atoms with Crippen LogP contribution in [-0.2, 0) is 16.3 Å². The van der Waals surface area contributed by atoms with Crippen molar-refractivity contribution in [3.8, 4) is 5.75 Å². The molecule has 6 rings (SSSR count). The molecule has 0 aromatic carbocycles. The number of ether oxygens (including phenoxy) is 2. The van der Waals surface area contributed by atoms with Gasteiger partial charge in [-0.15, -0.1) is 0 Å².